The van der Waals surface area contributed by atoms with Gasteiger partial charge >= 0.3 is 0 Å². The van der Waals surface area contributed by atoms with Crippen molar-refractivity contribution in [3.8, 4) is 0 Å². The molecule has 1 atom stereocenters. The second-order valence-corrected chi connectivity index (χ2v) is 5.69. The van der Waals surface area contributed by atoms with Crippen LogP contribution < -0.4 is 10.2 Å². The third-order valence-electron chi connectivity index (χ3n) is 4.24. The maximum atomic E-state index is 3.55. The summed E-state index contributed by atoms with van der Waals surface area (Å²) in [6.07, 6.45) is 1.16. The standard InChI is InChI=1S/C15H23N3/c1-12-10-14-13(11-16-12)4-3-5-15(14)18-8-6-17(2)7-9-18/h3-5,12,16H,6-11H2,1-2H3. The maximum absolute atomic E-state index is 3.55. The number of piperazine rings is 1. The fourth-order valence-electron chi connectivity index (χ4n) is 3.03. The monoisotopic (exact) mass is 245 g/mol. The molecule has 98 valence electrons. The van der Waals surface area contributed by atoms with E-state index < -0.39 is 0 Å². The van der Waals surface area contributed by atoms with Gasteiger partial charge in [-0.25, -0.2) is 0 Å². The first-order chi connectivity index (χ1) is 8.74. The SMILES string of the molecule is CC1Cc2c(cccc2N2CCN(C)CC2)CN1. The molecule has 0 amide bonds. The van der Waals surface area contributed by atoms with Crippen molar-refractivity contribution in [3.05, 3.63) is 29.3 Å². The molecule has 18 heavy (non-hydrogen) atoms. The molecule has 1 saturated heterocycles. The predicted octanol–water partition coefficient (Wildman–Crippen LogP) is 1.47. The van der Waals surface area contributed by atoms with Gasteiger partial charge in [-0.05, 0) is 37.6 Å². The van der Waals surface area contributed by atoms with E-state index in [-0.39, 0.29) is 0 Å². The van der Waals surface area contributed by atoms with Crippen LogP contribution in [-0.4, -0.2) is 44.2 Å². The summed E-state index contributed by atoms with van der Waals surface area (Å²) < 4.78 is 0. The van der Waals surface area contributed by atoms with Gasteiger partial charge in [0.15, 0.2) is 0 Å². The van der Waals surface area contributed by atoms with Crippen molar-refractivity contribution in [2.24, 2.45) is 0 Å². The molecular formula is C15H23N3. The third-order valence-corrected chi connectivity index (χ3v) is 4.24. The van der Waals surface area contributed by atoms with Gasteiger partial charge in [-0.2, -0.15) is 0 Å². The van der Waals surface area contributed by atoms with Crippen LogP contribution >= 0.6 is 0 Å². The van der Waals surface area contributed by atoms with E-state index in [0.717, 1.165) is 26.1 Å². The minimum Gasteiger partial charge on any atom is -0.369 e. The molecule has 1 aromatic rings. The molecule has 1 fully saturated rings. The van der Waals surface area contributed by atoms with Crippen LogP contribution in [0.4, 0.5) is 5.69 Å². The Kier molecular flexibility index (Phi) is 3.27. The van der Waals surface area contributed by atoms with Crippen LogP contribution in [0.15, 0.2) is 18.2 Å². The van der Waals surface area contributed by atoms with Crippen molar-refractivity contribution in [3.63, 3.8) is 0 Å². The van der Waals surface area contributed by atoms with Crippen LogP contribution in [0.5, 0.6) is 0 Å². The number of likely N-dealkylation sites (N-methyl/N-ethyl adjacent to an activating group) is 1. The molecule has 0 spiro atoms. The molecule has 2 aliphatic heterocycles. The van der Waals surface area contributed by atoms with Gasteiger partial charge in [0.25, 0.3) is 0 Å². The van der Waals surface area contributed by atoms with Gasteiger partial charge < -0.3 is 15.1 Å². The summed E-state index contributed by atoms with van der Waals surface area (Å²) in [6.45, 7) is 7.99. The fourth-order valence-corrected chi connectivity index (χ4v) is 3.03. The van der Waals surface area contributed by atoms with Crippen molar-refractivity contribution >= 4 is 5.69 Å². The van der Waals surface area contributed by atoms with E-state index in [1.807, 2.05) is 0 Å². The molecule has 0 radical (unpaired) electrons. The quantitative estimate of drug-likeness (QED) is 0.808. The Balaban J connectivity index is 1.88. The second kappa shape index (κ2) is 4.90. The van der Waals surface area contributed by atoms with E-state index >= 15 is 0 Å². The maximum Gasteiger partial charge on any atom is 0.0403 e. The Bertz CT molecular complexity index is 422. The molecule has 0 aliphatic carbocycles. The van der Waals surface area contributed by atoms with Crippen molar-refractivity contribution < 1.29 is 0 Å². The summed E-state index contributed by atoms with van der Waals surface area (Å²) in [4.78, 5) is 4.98. The van der Waals surface area contributed by atoms with E-state index in [1.54, 1.807) is 5.56 Å². The van der Waals surface area contributed by atoms with E-state index in [2.05, 4.69) is 47.3 Å². The zero-order valence-electron chi connectivity index (χ0n) is 11.4. The number of fused-ring (bicyclic) bond motifs is 1. The van der Waals surface area contributed by atoms with Gasteiger partial charge in [0.2, 0.25) is 0 Å². The van der Waals surface area contributed by atoms with E-state index in [1.165, 1.54) is 24.3 Å². The molecule has 3 rings (SSSR count). The van der Waals surface area contributed by atoms with Gasteiger partial charge in [0, 0.05) is 44.5 Å². The van der Waals surface area contributed by atoms with Crippen molar-refractivity contribution in [2.45, 2.75) is 25.9 Å². The van der Waals surface area contributed by atoms with Gasteiger partial charge in [0.05, 0.1) is 0 Å². The lowest BCUT2D eigenvalue weighted by Crippen LogP contribution is -2.45. The predicted molar refractivity (Wildman–Crippen MR) is 76.2 cm³/mol. The zero-order chi connectivity index (χ0) is 12.5. The van der Waals surface area contributed by atoms with E-state index in [0.29, 0.717) is 6.04 Å². The first-order valence-electron chi connectivity index (χ1n) is 7.01. The summed E-state index contributed by atoms with van der Waals surface area (Å²) in [7, 11) is 2.21. The van der Waals surface area contributed by atoms with Gasteiger partial charge in [-0.15, -0.1) is 0 Å². The summed E-state index contributed by atoms with van der Waals surface area (Å²) >= 11 is 0. The largest absolute Gasteiger partial charge is 0.369 e. The van der Waals surface area contributed by atoms with Gasteiger partial charge in [0.1, 0.15) is 0 Å². The number of nitrogens with one attached hydrogen (secondary N) is 1. The molecule has 2 aliphatic rings. The highest BCUT2D eigenvalue weighted by molar-refractivity contribution is 5.58. The van der Waals surface area contributed by atoms with Gasteiger partial charge in [-0.1, -0.05) is 12.1 Å². The van der Waals surface area contributed by atoms with Crippen LogP contribution in [0.2, 0.25) is 0 Å². The van der Waals surface area contributed by atoms with Crippen molar-refractivity contribution in [1.82, 2.24) is 10.2 Å². The third kappa shape index (κ3) is 2.25. The second-order valence-electron chi connectivity index (χ2n) is 5.69. The molecule has 3 nitrogen and oxygen atoms in total. The average Bonchev–Trinajstić information content (AvgIpc) is 2.39. The number of anilines is 1. The lowest BCUT2D eigenvalue weighted by Gasteiger charge is -2.37. The highest BCUT2D eigenvalue weighted by Gasteiger charge is 2.22. The molecule has 3 heteroatoms. The highest BCUT2D eigenvalue weighted by atomic mass is 15.2. The smallest absolute Gasteiger partial charge is 0.0403 e. The first kappa shape index (κ1) is 12.0. The number of benzene rings is 1. The summed E-state index contributed by atoms with van der Waals surface area (Å²) in [6, 6.07) is 7.39. The molecule has 0 saturated carbocycles. The first-order valence-corrected chi connectivity index (χ1v) is 7.01. The lowest BCUT2D eigenvalue weighted by atomic mass is 9.94. The van der Waals surface area contributed by atoms with E-state index in [9.17, 15) is 0 Å². The summed E-state index contributed by atoms with van der Waals surface area (Å²) in [5.74, 6) is 0. The Morgan fingerprint density at radius 1 is 1.17 bits per heavy atom. The zero-order valence-corrected chi connectivity index (χ0v) is 11.4. The Morgan fingerprint density at radius 2 is 1.94 bits per heavy atom. The molecule has 2 heterocycles. The summed E-state index contributed by atoms with van der Waals surface area (Å²) in [5, 5.41) is 3.55. The van der Waals surface area contributed by atoms with Crippen LogP contribution in [0, 0.1) is 0 Å². The number of hydrogen-bond acceptors (Lipinski definition) is 3. The average molecular weight is 245 g/mol. The van der Waals surface area contributed by atoms with Crippen molar-refractivity contribution in [2.75, 3.05) is 38.1 Å². The topological polar surface area (TPSA) is 18.5 Å². The highest BCUT2D eigenvalue weighted by Crippen LogP contribution is 2.28. The molecular weight excluding hydrogens is 222 g/mol. The minimum absolute atomic E-state index is 0.603. The van der Waals surface area contributed by atoms with Crippen LogP contribution in [0.3, 0.4) is 0 Å². The molecule has 1 N–H and O–H groups in total. The Morgan fingerprint density at radius 3 is 2.72 bits per heavy atom. The number of rotatable bonds is 1. The summed E-state index contributed by atoms with van der Waals surface area (Å²) in [5.41, 5.74) is 4.55. The molecule has 0 bridgehead atoms. The molecule has 1 unspecified atom stereocenters. The molecule has 1 aromatic carbocycles. The normalized spacial score (nSPS) is 25.0. The van der Waals surface area contributed by atoms with Crippen molar-refractivity contribution in [1.29, 1.82) is 0 Å². The Hall–Kier alpha value is -1.06. The minimum atomic E-state index is 0.603. The van der Waals surface area contributed by atoms with E-state index in [4.69, 9.17) is 0 Å². The number of hydrogen-bond donors (Lipinski definition) is 1. The van der Waals surface area contributed by atoms with Crippen LogP contribution in [0.1, 0.15) is 18.1 Å². The lowest BCUT2D eigenvalue weighted by molar-refractivity contribution is 0.312. The molecule has 0 aromatic heterocycles. The Labute approximate surface area is 110 Å². The number of nitrogens with zero attached hydrogens (tertiary/aromatic N) is 2. The van der Waals surface area contributed by atoms with Crippen LogP contribution in [-0.2, 0) is 13.0 Å². The van der Waals surface area contributed by atoms with Gasteiger partial charge in [-0.3, -0.25) is 0 Å². The van der Waals surface area contributed by atoms with Crippen LogP contribution in [0.25, 0.3) is 0 Å². The fraction of sp³-hybridized carbons (Fsp3) is 0.600.